The fourth-order valence-corrected chi connectivity index (χ4v) is 5.02. The highest BCUT2D eigenvalue weighted by Gasteiger charge is 2.86. The molecule has 0 radical (unpaired) electrons. The molecule has 2 aliphatic carbocycles. The molecule has 2 heterocycles. The lowest BCUT2D eigenvalue weighted by atomic mass is 9.60. The van der Waals surface area contributed by atoms with Gasteiger partial charge in [-0.1, -0.05) is 18.6 Å². The van der Waals surface area contributed by atoms with Crippen LogP contribution in [0.4, 0.5) is 0 Å². The molecule has 0 aromatic rings. The van der Waals surface area contributed by atoms with Gasteiger partial charge in [-0.15, -0.1) is 0 Å². The predicted octanol–water partition coefficient (Wildman–Crippen LogP) is 2.67. The average molecular weight is 320 g/mol. The first kappa shape index (κ1) is 15.3. The number of Topliss-reactive ketones (excluding diaryl/α,β-unsaturated/α-hetero) is 1. The van der Waals surface area contributed by atoms with E-state index in [4.69, 9.17) is 14.2 Å². The second-order valence-electron chi connectivity index (χ2n) is 7.41. The van der Waals surface area contributed by atoms with Crippen LogP contribution in [0.15, 0.2) is 12.2 Å². The van der Waals surface area contributed by atoms with Crippen LogP contribution < -0.4 is 0 Å². The number of fused-ring (bicyclic) bond motifs is 2. The van der Waals surface area contributed by atoms with Gasteiger partial charge in [-0.3, -0.25) is 4.79 Å². The Morgan fingerprint density at radius 2 is 2.00 bits per heavy atom. The third-order valence-corrected chi connectivity index (χ3v) is 6.22. The van der Waals surface area contributed by atoms with E-state index >= 15 is 0 Å². The molecule has 1 saturated carbocycles. The van der Waals surface area contributed by atoms with Gasteiger partial charge in [0.05, 0.1) is 12.0 Å². The number of rotatable bonds is 2. The Balaban J connectivity index is 1.90. The Bertz CT molecular complexity index is 598. The Hall–Kier alpha value is -1.20. The van der Waals surface area contributed by atoms with E-state index in [0.29, 0.717) is 19.3 Å². The molecule has 0 amide bonds. The second kappa shape index (κ2) is 4.67. The van der Waals surface area contributed by atoms with Crippen LogP contribution in [0.25, 0.3) is 0 Å². The molecule has 0 N–H and O–H groups in total. The topological polar surface area (TPSA) is 61.8 Å². The summed E-state index contributed by atoms with van der Waals surface area (Å²) >= 11 is 0. The van der Waals surface area contributed by atoms with Crippen LogP contribution in [0.2, 0.25) is 0 Å². The Kier molecular flexibility index (Phi) is 3.11. The van der Waals surface area contributed by atoms with Crippen molar-refractivity contribution in [3.8, 4) is 0 Å². The van der Waals surface area contributed by atoms with E-state index in [9.17, 15) is 9.59 Å². The van der Waals surface area contributed by atoms with Crippen molar-refractivity contribution >= 4 is 11.8 Å². The van der Waals surface area contributed by atoms with Crippen molar-refractivity contribution in [2.45, 2.75) is 75.8 Å². The predicted molar refractivity (Wildman–Crippen MR) is 81.6 cm³/mol. The van der Waals surface area contributed by atoms with E-state index < -0.39 is 28.4 Å². The molecule has 5 heteroatoms. The largest absolute Gasteiger partial charge is 0.463 e. The second-order valence-corrected chi connectivity index (χ2v) is 7.41. The summed E-state index contributed by atoms with van der Waals surface area (Å²) in [5.74, 6) is -1.69. The van der Waals surface area contributed by atoms with Gasteiger partial charge in [-0.25, -0.2) is 4.79 Å². The molecule has 4 aliphatic rings. The molecule has 1 unspecified atom stereocenters. The summed E-state index contributed by atoms with van der Waals surface area (Å²) < 4.78 is 18.1. The minimum atomic E-state index is -1.63. The zero-order chi connectivity index (χ0) is 16.3. The fourth-order valence-electron chi connectivity index (χ4n) is 5.02. The van der Waals surface area contributed by atoms with Crippen LogP contribution in [-0.4, -0.2) is 35.3 Å². The van der Waals surface area contributed by atoms with Gasteiger partial charge in [0.15, 0.2) is 11.6 Å². The van der Waals surface area contributed by atoms with Crippen LogP contribution >= 0.6 is 0 Å². The number of allylic oxidation sites excluding steroid dienone is 1. The lowest BCUT2D eigenvalue weighted by Gasteiger charge is -2.50. The standard InChI is InChI=1S/C18H24O5/c1-3-21-14(20)18-13(19)15(2)9-7-8-12-17(15,23-18)22-16(18)10-5-4-6-11-16/h5,10H,3-4,6-9,11-12H2,1-2H3/t15-,16?,17-,18-/m1/s1. The van der Waals surface area contributed by atoms with Gasteiger partial charge in [0, 0.05) is 6.42 Å². The maximum absolute atomic E-state index is 13.5. The van der Waals surface area contributed by atoms with Crippen molar-refractivity contribution in [3.05, 3.63) is 12.2 Å². The van der Waals surface area contributed by atoms with Gasteiger partial charge in [-0.2, -0.15) is 0 Å². The highest BCUT2D eigenvalue weighted by molar-refractivity contribution is 6.14. The van der Waals surface area contributed by atoms with Crippen molar-refractivity contribution in [1.82, 2.24) is 0 Å². The summed E-state index contributed by atoms with van der Waals surface area (Å²) in [4.78, 5) is 26.4. The number of hydrogen-bond donors (Lipinski definition) is 0. The number of ketones is 1. The van der Waals surface area contributed by atoms with E-state index in [1.54, 1.807) is 6.92 Å². The normalized spacial score (nSPS) is 47.8. The molecule has 0 aromatic carbocycles. The van der Waals surface area contributed by atoms with Crippen molar-refractivity contribution in [1.29, 1.82) is 0 Å². The monoisotopic (exact) mass is 320 g/mol. The summed E-state index contributed by atoms with van der Waals surface area (Å²) in [5, 5.41) is 0. The van der Waals surface area contributed by atoms with Crippen molar-refractivity contribution in [2.75, 3.05) is 6.61 Å². The number of carbonyl (C=O) groups is 2. The summed E-state index contributed by atoms with van der Waals surface area (Å²) in [7, 11) is 0. The molecule has 126 valence electrons. The lowest BCUT2D eigenvalue weighted by molar-refractivity contribution is -0.246. The Labute approximate surface area is 136 Å². The van der Waals surface area contributed by atoms with Gasteiger partial charge in [0.2, 0.25) is 0 Å². The first-order valence-corrected chi connectivity index (χ1v) is 8.77. The first-order valence-electron chi connectivity index (χ1n) is 8.77. The Morgan fingerprint density at radius 3 is 2.70 bits per heavy atom. The van der Waals surface area contributed by atoms with Crippen LogP contribution in [0.3, 0.4) is 0 Å². The molecular formula is C18H24O5. The molecule has 4 atom stereocenters. The highest BCUT2D eigenvalue weighted by atomic mass is 16.8. The number of ether oxygens (including phenoxy) is 3. The molecule has 23 heavy (non-hydrogen) atoms. The zero-order valence-corrected chi connectivity index (χ0v) is 13.9. The molecule has 5 nitrogen and oxygen atoms in total. The van der Waals surface area contributed by atoms with Crippen molar-refractivity contribution in [3.63, 3.8) is 0 Å². The molecule has 3 fully saturated rings. The van der Waals surface area contributed by atoms with Crippen molar-refractivity contribution in [2.24, 2.45) is 5.41 Å². The zero-order valence-electron chi connectivity index (χ0n) is 13.9. The summed E-state index contributed by atoms with van der Waals surface area (Å²) in [6.07, 6.45) is 9.57. The molecule has 2 bridgehead atoms. The van der Waals surface area contributed by atoms with E-state index in [0.717, 1.165) is 25.7 Å². The summed E-state index contributed by atoms with van der Waals surface area (Å²) in [6.45, 7) is 3.87. The quantitative estimate of drug-likeness (QED) is 0.445. The minimum absolute atomic E-state index is 0.138. The highest BCUT2D eigenvalue weighted by Crippen LogP contribution is 2.68. The Morgan fingerprint density at radius 1 is 1.22 bits per heavy atom. The van der Waals surface area contributed by atoms with E-state index in [1.165, 1.54) is 0 Å². The van der Waals surface area contributed by atoms with Crippen LogP contribution in [-0.2, 0) is 23.8 Å². The third kappa shape index (κ3) is 1.55. The van der Waals surface area contributed by atoms with E-state index in [2.05, 4.69) is 0 Å². The summed E-state index contributed by atoms with van der Waals surface area (Å²) in [6, 6.07) is 0. The maximum Gasteiger partial charge on any atom is 0.349 e. The van der Waals surface area contributed by atoms with Gasteiger partial charge >= 0.3 is 5.97 Å². The van der Waals surface area contributed by atoms with Gasteiger partial charge in [0.25, 0.3) is 5.60 Å². The van der Waals surface area contributed by atoms with Gasteiger partial charge in [-0.05, 0) is 46.0 Å². The smallest absolute Gasteiger partial charge is 0.349 e. The third-order valence-electron chi connectivity index (χ3n) is 6.22. The average Bonchev–Trinajstić information content (AvgIpc) is 2.93. The maximum atomic E-state index is 13.5. The van der Waals surface area contributed by atoms with Crippen LogP contribution in [0, 0.1) is 5.41 Å². The fraction of sp³-hybridized carbons (Fsp3) is 0.778. The van der Waals surface area contributed by atoms with Gasteiger partial charge in [0.1, 0.15) is 5.60 Å². The first-order chi connectivity index (χ1) is 11.0. The minimum Gasteiger partial charge on any atom is -0.463 e. The van der Waals surface area contributed by atoms with Gasteiger partial charge < -0.3 is 14.2 Å². The number of hydrogen-bond acceptors (Lipinski definition) is 5. The molecule has 4 rings (SSSR count). The van der Waals surface area contributed by atoms with E-state index in [-0.39, 0.29) is 12.4 Å². The lowest BCUT2D eigenvalue weighted by Crippen LogP contribution is -2.67. The van der Waals surface area contributed by atoms with Crippen LogP contribution in [0.5, 0.6) is 0 Å². The molecular weight excluding hydrogens is 296 g/mol. The number of esters is 1. The summed E-state index contributed by atoms with van der Waals surface area (Å²) in [5.41, 5.74) is -3.38. The molecule has 0 aromatic heterocycles. The van der Waals surface area contributed by atoms with Crippen molar-refractivity contribution < 1.29 is 23.8 Å². The molecule has 2 saturated heterocycles. The molecule has 2 spiro atoms. The number of carbonyl (C=O) groups excluding carboxylic acids is 2. The van der Waals surface area contributed by atoms with Crippen LogP contribution in [0.1, 0.15) is 58.8 Å². The molecule has 2 aliphatic heterocycles. The SMILES string of the molecule is CCOC(=O)[C@]12O[C@@]3(CCCC[C@]3(C)C1=O)OC21C=CCCC1. The van der Waals surface area contributed by atoms with E-state index in [1.807, 2.05) is 19.1 Å².